The number of aryl methyl sites for hydroxylation is 1. The lowest BCUT2D eigenvalue weighted by Gasteiger charge is -2.04. The monoisotopic (exact) mass is 238 g/mol. The first-order chi connectivity index (χ1) is 7.63. The van der Waals surface area contributed by atoms with Gasteiger partial charge in [-0.05, 0) is 18.2 Å². The third-order valence-electron chi connectivity index (χ3n) is 2.21. The van der Waals surface area contributed by atoms with E-state index in [2.05, 4.69) is 10.4 Å². The van der Waals surface area contributed by atoms with Crippen molar-refractivity contribution in [2.45, 2.75) is 0 Å². The van der Waals surface area contributed by atoms with Crippen molar-refractivity contribution in [2.75, 3.05) is 12.4 Å². The molecule has 16 heavy (non-hydrogen) atoms. The van der Waals surface area contributed by atoms with Gasteiger partial charge in [-0.3, -0.25) is 0 Å². The van der Waals surface area contributed by atoms with Crippen LogP contribution in [0, 0.1) is 0 Å². The summed E-state index contributed by atoms with van der Waals surface area (Å²) in [5, 5.41) is 7.49. The molecule has 1 heterocycles. The Labute approximate surface area is 97.3 Å². The maximum Gasteiger partial charge on any atom is 0.351 e. The van der Waals surface area contributed by atoms with Gasteiger partial charge in [-0.15, -0.1) is 5.10 Å². The fraction of sp³-hybridized carbons (Fsp3) is 0.200. The molecular weight excluding hydrogens is 228 g/mol. The quantitative estimate of drug-likeness (QED) is 0.857. The number of benzene rings is 1. The van der Waals surface area contributed by atoms with Crippen LogP contribution in [-0.4, -0.2) is 21.4 Å². The molecule has 0 radical (unpaired) electrons. The molecule has 0 aliphatic heterocycles. The first kappa shape index (κ1) is 10.8. The van der Waals surface area contributed by atoms with Gasteiger partial charge in [0.2, 0.25) is 5.95 Å². The number of rotatable bonds is 2. The molecule has 0 unspecified atom stereocenters. The third kappa shape index (κ3) is 1.69. The largest absolute Gasteiger partial charge is 0.357 e. The van der Waals surface area contributed by atoms with Crippen molar-refractivity contribution in [1.29, 1.82) is 0 Å². The fourth-order valence-electron chi connectivity index (χ4n) is 1.47. The summed E-state index contributed by atoms with van der Waals surface area (Å²) in [5.74, 6) is 0.481. The van der Waals surface area contributed by atoms with Crippen LogP contribution in [0.5, 0.6) is 0 Å². The van der Waals surface area contributed by atoms with E-state index < -0.39 is 0 Å². The second kappa shape index (κ2) is 4.02. The Bertz CT molecular complexity index is 572. The van der Waals surface area contributed by atoms with Crippen LogP contribution >= 0.6 is 11.6 Å². The van der Waals surface area contributed by atoms with Crippen LogP contribution in [0.25, 0.3) is 5.69 Å². The summed E-state index contributed by atoms with van der Waals surface area (Å²) in [6.07, 6.45) is 0. The van der Waals surface area contributed by atoms with Gasteiger partial charge in [0.25, 0.3) is 0 Å². The molecule has 0 saturated heterocycles. The normalized spacial score (nSPS) is 10.4. The lowest BCUT2D eigenvalue weighted by molar-refractivity contribution is 0.727. The molecule has 2 rings (SSSR count). The molecule has 0 bridgehead atoms. The Morgan fingerprint density at radius 1 is 1.44 bits per heavy atom. The highest BCUT2D eigenvalue weighted by atomic mass is 35.5. The number of halogens is 1. The number of hydrogen-bond acceptors (Lipinski definition) is 3. The van der Waals surface area contributed by atoms with Crippen LogP contribution in [-0.2, 0) is 7.05 Å². The maximum absolute atomic E-state index is 11.8. The van der Waals surface area contributed by atoms with Gasteiger partial charge < -0.3 is 5.32 Å². The Morgan fingerprint density at radius 2 is 2.19 bits per heavy atom. The molecule has 84 valence electrons. The van der Waals surface area contributed by atoms with Gasteiger partial charge in [0.1, 0.15) is 0 Å². The molecule has 1 aromatic carbocycles. The summed E-state index contributed by atoms with van der Waals surface area (Å²) >= 11 is 5.89. The molecule has 0 spiro atoms. The van der Waals surface area contributed by atoms with E-state index in [9.17, 15) is 4.79 Å². The molecule has 1 aromatic heterocycles. The second-order valence-electron chi connectivity index (χ2n) is 3.30. The van der Waals surface area contributed by atoms with Crippen LogP contribution in [0.4, 0.5) is 5.95 Å². The lowest BCUT2D eigenvalue weighted by Crippen LogP contribution is -2.21. The standard InChI is InChI=1S/C10H11ClN4O/c1-12-9-13-14(2)10(16)15(9)8-5-3-4-7(11)6-8/h3-6H,1-2H3,(H,12,13). The van der Waals surface area contributed by atoms with Gasteiger partial charge in [0.15, 0.2) is 0 Å². The average molecular weight is 239 g/mol. The zero-order chi connectivity index (χ0) is 11.7. The van der Waals surface area contributed by atoms with Crippen molar-refractivity contribution in [1.82, 2.24) is 14.3 Å². The Kier molecular flexibility index (Phi) is 2.70. The van der Waals surface area contributed by atoms with E-state index in [4.69, 9.17) is 11.6 Å². The van der Waals surface area contributed by atoms with Crippen molar-refractivity contribution in [2.24, 2.45) is 7.05 Å². The van der Waals surface area contributed by atoms with Crippen LogP contribution in [0.3, 0.4) is 0 Å². The molecule has 0 aliphatic rings. The Balaban J connectivity index is 2.68. The molecule has 0 saturated carbocycles. The zero-order valence-electron chi connectivity index (χ0n) is 8.94. The summed E-state index contributed by atoms with van der Waals surface area (Å²) < 4.78 is 2.73. The topological polar surface area (TPSA) is 51.9 Å². The maximum atomic E-state index is 11.8. The summed E-state index contributed by atoms with van der Waals surface area (Å²) in [5.41, 5.74) is 0.474. The second-order valence-corrected chi connectivity index (χ2v) is 3.73. The molecule has 0 fully saturated rings. The van der Waals surface area contributed by atoms with Crippen molar-refractivity contribution in [3.8, 4) is 5.69 Å². The zero-order valence-corrected chi connectivity index (χ0v) is 9.69. The minimum atomic E-state index is -0.216. The molecular formula is C10H11ClN4O. The van der Waals surface area contributed by atoms with Crippen LogP contribution in [0.15, 0.2) is 29.1 Å². The van der Waals surface area contributed by atoms with Crippen molar-refractivity contribution in [3.05, 3.63) is 39.8 Å². The van der Waals surface area contributed by atoms with Gasteiger partial charge >= 0.3 is 5.69 Å². The molecule has 0 atom stereocenters. The molecule has 6 heteroatoms. The first-order valence-corrected chi connectivity index (χ1v) is 5.11. The van der Waals surface area contributed by atoms with Crippen LogP contribution in [0.2, 0.25) is 5.02 Å². The molecule has 2 aromatic rings. The molecule has 1 N–H and O–H groups in total. The summed E-state index contributed by atoms with van der Waals surface area (Å²) in [6.45, 7) is 0. The number of aromatic nitrogens is 3. The summed E-state index contributed by atoms with van der Waals surface area (Å²) in [7, 11) is 3.31. The lowest BCUT2D eigenvalue weighted by atomic mass is 10.3. The Hall–Kier alpha value is -1.75. The SMILES string of the molecule is CNc1nn(C)c(=O)n1-c1cccc(Cl)c1. The van der Waals surface area contributed by atoms with Gasteiger partial charge in [0, 0.05) is 19.1 Å². The highest BCUT2D eigenvalue weighted by Gasteiger charge is 2.11. The molecule has 0 aliphatic carbocycles. The predicted molar refractivity (Wildman–Crippen MR) is 63.4 cm³/mol. The van der Waals surface area contributed by atoms with E-state index in [0.717, 1.165) is 0 Å². The highest BCUT2D eigenvalue weighted by molar-refractivity contribution is 6.30. The third-order valence-corrected chi connectivity index (χ3v) is 2.45. The van der Waals surface area contributed by atoms with Gasteiger partial charge in [-0.2, -0.15) is 0 Å². The molecule has 0 amide bonds. The van der Waals surface area contributed by atoms with Gasteiger partial charge in [-0.1, -0.05) is 17.7 Å². The summed E-state index contributed by atoms with van der Waals surface area (Å²) in [4.78, 5) is 11.8. The highest BCUT2D eigenvalue weighted by Crippen LogP contribution is 2.15. The minimum absolute atomic E-state index is 0.216. The molecule has 5 nitrogen and oxygen atoms in total. The number of hydrogen-bond donors (Lipinski definition) is 1. The average Bonchev–Trinajstić information content (AvgIpc) is 2.55. The summed E-state index contributed by atoms with van der Waals surface area (Å²) in [6, 6.07) is 7.06. The van der Waals surface area contributed by atoms with Gasteiger partial charge in [0.05, 0.1) is 5.69 Å². The Morgan fingerprint density at radius 3 is 2.81 bits per heavy atom. The van der Waals surface area contributed by atoms with E-state index >= 15 is 0 Å². The van der Waals surface area contributed by atoms with E-state index in [1.807, 2.05) is 0 Å². The van der Waals surface area contributed by atoms with Gasteiger partial charge in [-0.25, -0.2) is 14.0 Å². The van der Waals surface area contributed by atoms with E-state index in [-0.39, 0.29) is 5.69 Å². The number of anilines is 1. The number of nitrogens with zero attached hydrogens (tertiary/aromatic N) is 3. The fourth-order valence-corrected chi connectivity index (χ4v) is 1.66. The van der Waals surface area contributed by atoms with Crippen molar-refractivity contribution < 1.29 is 0 Å². The number of nitrogens with one attached hydrogen (secondary N) is 1. The first-order valence-electron chi connectivity index (χ1n) is 4.73. The minimum Gasteiger partial charge on any atom is -0.357 e. The van der Waals surface area contributed by atoms with E-state index in [0.29, 0.717) is 16.7 Å². The predicted octanol–water partition coefficient (Wildman–Crippen LogP) is 1.27. The van der Waals surface area contributed by atoms with Crippen molar-refractivity contribution in [3.63, 3.8) is 0 Å². The van der Waals surface area contributed by atoms with E-state index in [1.165, 1.54) is 9.25 Å². The smallest absolute Gasteiger partial charge is 0.351 e. The van der Waals surface area contributed by atoms with Crippen LogP contribution < -0.4 is 11.0 Å². The van der Waals surface area contributed by atoms with Crippen LogP contribution in [0.1, 0.15) is 0 Å². The van der Waals surface area contributed by atoms with Crippen molar-refractivity contribution >= 4 is 17.5 Å². The van der Waals surface area contributed by atoms with E-state index in [1.54, 1.807) is 38.4 Å².